The summed E-state index contributed by atoms with van der Waals surface area (Å²) in [6.07, 6.45) is 5.20. The lowest BCUT2D eigenvalue weighted by Crippen LogP contribution is -2.14. The Morgan fingerprint density at radius 1 is 1.21 bits per heavy atom. The SMILES string of the molecule is COc1ccc(-c2sc(NC(=O)CC3CCCC3)nc2C)cc1S(=O)Nc1cc(C)cc(O)c1. The second-order valence-corrected chi connectivity index (χ2v) is 10.8. The van der Waals surface area contributed by atoms with Gasteiger partial charge in [-0.3, -0.25) is 4.79 Å². The van der Waals surface area contributed by atoms with E-state index in [9.17, 15) is 14.1 Å². The molecule has 3 N–H and O–H groups in total. The minimum atomic E-state index is -1.63. The van der Waals surface area contributed by atoms with E-state index in [1.54, 1.807) is 12.1 Å². The normalized spacial score (nSPS) is 14.7. The summed E-state index contributed by atoms with van der Waals surface area (Å²) >= 11 is 1.40. The zero-order valence-electron chi connectivity index (χ0n) is 19.5. The van der Waals surface area contributed by atoms with E-state index in [-0.39, 0.29) is 11.7 Å². The van der Waals surface area contributed by atoms with Crippen LogP contribution in [0.2, 0.25) is 0 Å². The maximum Gasteiger partial charge on any atom is 0.226 e. The second kappa shape index (κ2) is 10.6. The summed E-state index contributed by atoms with van der Waals surface area (Å²) in [6, 6.07) is 10.4. The molecule has 0 spiro atoms. The van der Waals surface area contributed by atoms with Crippen LogP contribution in [-0.4, -0.2) is 27.3 Å². The monoisotopic (exact) mass is 499 g/mol. The number of carbonyl (C=O) groups excluding carboxylic acids is 1. The Kier molecular flexibility index (Phi) is 7.53. The van der Waals surface area contributed by atoms with Crippen molar-refractivity contribution in [2.24, 2.45) is 5.92 Å². The summed E-state index contributed by atoms with van der Waals surface area (Å²) in [4.78, 5) is 18.4. The van der Waals surface area contributed by atoms with Crippen molar-refractivity contribution in [1.82, 2.24) is 4.98 Å². The summed E-state index contributed by atoms with van der Waals surface area (Å²) in [5, 5.41) is 13.4. The van der Waals surface area contributed by atoms with Gasteiger partial charge in [0.15, 0.2) is 16.1 Å². The molecule has 1 aliphatic rings. The highest BCUT2D eigenvalue weighted by molar-refractivity contribution is 7.86. The topological polar surface area (TPSA) is 101 Å². The third kappa shape index (κ3) is 5.77. The Morgan fingerprint density at radius 3 is 2.68 bits per heavy atom. The molecule has 180 valence electrons. The molecule has 1 heterocycles. The van der Waals surface area contributed by atoms with E-state index in [1.807, 2.05) is 32.0 Å². The van der Waals surface area contributed by atoms with Crippen LogP contribution in [0.5, 0.6) is 11.5 Å². The molecular weight excluding hydrogens is 470 g/mol. The van der Waals surface area contributed by atoms with E-state index in [2.05, 4.69) is 15.0 Å². The first-order valence-electron chi connectivity index (χ1n) is 11.3. The first-order valence-corrected chi connectivity index (χ1v) is 13.2. The molecule has 34 heavy (non-hydrogen) atoms. The number of aromatic nitrogens is 1. The lowest BCUT2D eigenvalue weighted by molar-refractivity contribution is -0.117. The fourth-order valence-electron chi connectivity index (χ4n) is 4.31. The number of phenolic OH excluding ortho intramolecular Hbond substituents is 1. The molecule has 4 rings (SSSR count). The van der Waals surface area contributed by atoms with Crippen molar-refractivity contribution in [2.45, 2.75) is 50.8 Å². The van der Waals surface area contributed by atoms with E-state index in [4.69, 9.17) is 4.74 Å². The van der Waals surface area contributed by atoms with Crippen LogP contribution in [0.4, 0.5) is 10.8 Å². The van der Waals surface area contributed by atoms with E-state index in [0.29, 0.717) is 33.8 Å². The van der Waals surface area contributed by atoms with E-state index in [0.717, 1.165) is 34.5 Å². The standard InChI is InChI=1S/C25H29N3O4S2/c1-15-10-19(14-20(29)11-15)28-34(31)22-13-18(8-9-21(22)32-3)24-16(2)26-25(33-24)27-23(30)12-17-6-4-5-7-17/h8-11,13-14,17,28-29H,4-7,12H2,1-3H3,(H,26,27,30). The summed E-state index contributed by atoms with van der Waals surface area (Å²) in [5.74, 6) is 1.07. The van der Waals surface area contributed by atoms with Crippen molar-refractivity contribution >= 4 is 39.0 Å². The molecule has 0 aliphatic heterocycles. The first kappa shape index (κ1) is 24.2. The Balaban J connectivity index is 1.55. The highest BCUT2D eigenvalue weighted by Crippen LogP contribution is 2.37. The Bertz CT molecular complexity index is 1200. The second-order valence-electron chi connectivity index (χ2n) is 8.63. The van der Waals surface area contributed by atoms with E-state index >= 15 is 0 Å². The lowest BCUT2D eigenvalue weighted by atomic mass is 10.0. The van der Waals surface area contributed by atoms with Crippen LogP contribution in [0, 0.1) is 19.8 Å². The quantitative estimate of drug-likeness (QED) is 0.364. The van der Waals surface area contributed by atoms with Gasteiger partial charge in [-0.25, -0.2) is 9.19 Å². The van der Waals surface area contributed by atoms with Gasteiger partial charge in [0.25, 0.3) is 0 Å². The third-order valence-corrected chi connectivity index (χ3v) is 8.15. The van der Waals surface area contributed by atoms with Gasteiger partial charge < -0.3 is 19.9 Å². The summed E-state index contributed by atoms with van der Waals surface area (Å²) < 4.78 is 21.5. The predicted octanol–water partition coefficient (Wildman–Crippen LogP) is 5.79. The molecule has 0 radical (unpaired) electrons. The van der Waals surface area contributed by atoms with Gasteiger partial charge >= 0.3 is 0 Å². The Hall–Kier alpha value is -2.91. The zero-order chi connectivity index (χ0) is 24.2. The number of nitrogens with zero attached hydrogens (tertiary/aromatic N) is 1. The Morgan fingerprint density at radius 2 is 1.97 bits per heavy atom. The minimum Gasteiger partial charge on any atom is -0.508 e. The molecule has 1 amide bonds. The average Bonchev–Trinajstić information content (AvgIpc) is 3.41. The van der Waals surface area contributed by atoms with Gasteiger partial charge in [-0.1, -0.05) is 24.2 Å². The van der Waals surface area contributed by atoms with E-state index in [1.165, 1.54) is 37.4 Å². The maximum absolute atomic E-state index is 13.2. The number of hydrogen-bond acceptors (Lipinski definition) is 6. The fraction of sp³-hybridized carbons (Fsp3) is 0.360. The van der Waals surface area contributed by atoms with Gasteiger partial charge in [0, 0.05) is 12.5 Å². The number of aryl methyl sites for hydroxylation is 2. The number of phenols is 1. The predicted molar refractivity (Wildman–Crippen MR) is 137 cm³/mol. The summed E-state index contributed by atoms with van der Waals surface area (Å²) in [6.45, 7) is 3.75. The van der Waals surface area contributed by atoms with Crippen LogP contribution in [-0.2, 0) is 15.8 Å². The van der Waals surface area contributed by atoms with Crippen molar-refractivity contribution in [2.75, 3.05) is 17.1 Å². The number of aromatic hydroxyl groups is 1. The smallest absolute Gasteiger partial charge is 0.226 e. The van der Waals surface area contributed by atoms with Crippen LogP contribution >= 0.6 is 11.3 Å². The molecule has 9 heteroatoms. The molecule has 2 aromatic carbocycles. The largest absolute Gasteiger partial charge is 0.508 e. The van der Waals surface area contributed by atoms with Crippen molar-refractivity contribution in [1.29, 1.82) is 0 Å². The van der Waals surface area contributed by atoms with Gasteiger partial charge in [0.05, 0.1) is 23.4 Å². The number of nitrogens with one attached hydrogen (secondary N) is 2. The first-order chi connectivity index (χ1) is 16.3. The number of carbonyl (C=O) groups is 1. The van der Waals surface area contributed by atoms with Crippen LogP contribution in [0.1, 0.15) is 43.4 Å². The molecule has 1 fully saturated rings. The number of methoxy groups -OCH3 is 1. The van der Waals surface area contributed by atoms with Gasteiger partial charge in [0.2, 0.25) is 5.91 Å². The number of rotatable bonds is 8. The van der Waals surface area contributed by atoms with Gasteiger partial charge in [-0.15, -0.1) is 0 Å². The number of hydrogen-bond donors (Lipinski definition) is 3. The van der Waals surface area contributed by atoms with Crippen molar-refractivity contribution in [3.63, 3.8) is 0 Å². The van der Waals surface area contributed by atoms with Crippen LogP contribution in [0.15, 0.2) is 41.3 Å². The molecule has 0 bridgehead atoms. The third-order valence-electron chi connectivity index (χ3n) is 5.89. The number of ether oxygens (including phenoxy) is 1. The molecule has 0 saturated heterocycles. The molecule has 1 aromatic heterocycles. The van der Waals surface area contributed by atoms with Gasteiger partial charge in [0.1, 0.15) is 16.4 Å². The highest BCUT2D eigenvalue weighted by Gasteiger charge is 2.20. The molecular formula is C25H29N3O4S2. The van der Waals surface area contributed by atoms with Crippen LogP contribution in [0.25, 0.3) is 10.4 Å². The molecule has 1 aliphatic carbocycles. The van der Waals surface area contributed by atoms with Crippen LogP contribution < -0.4 is 14.8 Å². The number of amides is 1. The molecule has 1 atom stereocenters. The maximum atomic E-state index is 13.2. The number of thiazole rings is 1. The molecule has 7 nitrogen and oxygen atoms in total. The zero-order valence-corrected chi connectivity index (χ0v) is 21.1. The highest BCUT2D eigenvalue weighted by atomic mass is 32.2. The lowest BCUT2D eigenvalue weighted by Gasteiger charge is -2.12. The molecule has 3 aromatic rings. The van der Waals surface area contributed by atoms with Crippen molar-refractivity contribution in [3.05, 3.63) is 47.7 Å². The fourth-order valence-corrected chi connectivity index (χ4v) is 6.30. The van der Waals surface area contributed by atoms with Crippen molar-refractivity contribution in [3.8, 4) is 21.9 Å². The van der Waals surface area contributed by atoms with Gasteiger partial charge in [-0.05, 0) is 74.1 Å². The van der Waals surface area contributed by atoms with Crippen molar-refractivity contribution < 1.29 is 18.8 Å². The van der Waals surface area contributed by atoms with Crippen LogP contribution in [0.3, 0.4) is 0 Å². The minimum absolute atomic E-state index is 0.00864. The number of anilines is 2. The molecule has 1 saturated carbocycles. The molecule has 1 unspecified atom stereocenters. The summed E-state index contributed by atoms with van der Waals surface area (Å²) in [5.41, 5.74) is 3.02. The van der Waals surface area contributed by atoms with E-state index < -0.39 is 11.0 Å². The summed E-state index contributed by atoms with van der Waals surface area (Å²) in [7, 11) is -0.0982. The van der Waals surface area contributed by atoms with Gasteiger partial charge in [-0.2, -0.15) is 0 Å². The average molecular weight is 500 g/mol. The number of benzene rings is 2. The Labute approximate surface area is 206 Å².